The van der Waals surface area contributed by atoms with Crippen molar-refractivity contribution in [1.82, 2.24) is 0 Å². The molecule has 114 valence electrons. The molecule has 0 spiro atoms. The predicted octanol–water partition coefficient (Wildman–Crippen LogP) is 5.87. The van der Waals surface area contributed by atoms with E-state index in [4.69, 9.17) is 0 Å². The van der Waals surface area contributed by atoms with Crippen LogP contribution in [0, 0.1) is 23.2 Å². The highest BCUT2D eigenvalue weighted by Gasteiger charge is 2.38. The normalized spacial score (nSPS) is 12.7. The molecule has 1 nitrogen and oxygen atoms in total. The summed E-state index contributed by atoms with van der Waals surface area (Å²) in [5.41, 5.74) is -0.0638. The Kier molecular flexibility index (Phi) is 8.61. The van der Waals surface area contributed by atoms with Crippen LogP contribution in [0.4, 0.5) is 0 Å². The molecule has 0 aromatic rings. The summed E-state index contributed by atoms with van der Waals surface area (Å²) < 4.78 is 0. The van der Waals surface area contributed by atoms with Crippen LogP contribution in [-0.2, 0) is 4.79 Å². The van der Waals surface area contributed by atoms with Crippen LogP contribution in [0.15, 0.2) is 0 Å². The van der Waals surface area contributed by atoms with Crippen LogP contribution in [-0.4, -0.2) is 5.78 Å². The van der Waals surface area contributed by atoms with Crippen molar-refractivity contribution < 1.29 is 4.79 Å². The first-order valence-electron chi connectivity index (χ1n) is 8.26. The number of hydrogen-bond donors (Lipinski definition) is 0. The molecule has 0 bridgehead atoms. The molecular formula is C18H36O. The van der Waals surface area contributed by atoms with Crippen molar-refractivity contribution in [3.63, 3.8) is 0 Å². The van der Waals surface area contributed by atoms with Crippen molar-refractivity contribution in [1.29, 1.82) is 0 Å². The summed E-state index contributed by atoms with van der Waals surface area (Å²) in [5.74, 6) is 2.33. The van der Waals surface area contributed by atoms with E-state index in [9.17, 15) is 4.79 Å². The fraction of sp³-hybridized carbons (Fsp3) is 0.944. The molecule has 0 N–H and O–H groups in total. The van der Waals surface area contributed by atoms with E-state index < -0.39 is 0 Å². The van der Waals surface area contributed by atoms with Gasteiger partial charge in [-0.25, -0.2) is 0 Å². The van der Waals surface area contributed by atoms with Gasteiger partial charge in [0.2, 0.25) is 0 Å². The molecule has 0 aliphatic rings. The second kappa shape index (κ2) is 8.76. The first-order chi connectivity index (χ1) is 8.73. The van der Waals surface area contributed by atoms with E-state index >= 15 is 0 Å². The Bertz CT molecular complexity index is 224. The van der Waals surface area contributed by atoms with Crippen molar-refractivity contribution in [2.45, 2.75) is 87.0 Å². The molecular weight excluding hydrogens is 232 g/mol. The number of unbranched alkanes of at least 4 members (excludes halogenated alkanes) is 1. The number of Topliss-reactive ketones (excluding diaryl/α,β-unsaturated/α-hetero) is 1. The summed E-state index contributed by atoms with van der Waals surface area (Å²) in [7, 11) is 0. The average Bonchev–Trinajstić information content (AvgIpc) is 2.22. The Balaban J connectivity index is 5.14. The minimum absolute atomic E-state index is 0.0638. The molecule has 1 heteroatoms. The summed E-state index contributed by atoms with van der Waals surface area (Å²) in [4.78, 5) is 12.8. The lowest BCUT2D eigenvalue weighted by molar-refractivity contribution is -0.132. The second-order valence-corrected chi connectivity index (χ2v) is 7.60. The maximum atomic E-state index is 12.8. The van der Waals surface area contributed by atoms with Crippen LogP contribution in [0.2, 0.25) is 0 Å². The molecule has 0 amide bonds. The standard InChI is InChI=1S/C18H36O/c1-8-9-10-17(19)18(11-14(2)3,12-15(4)5)13-16(6)7/h14-16H,8-13H2,1-7H3. The molecule has 0 aliphatic heterocycles. The molecule has 0 aromatic carbocycles. The van der Waals surface area contributed by atoms with Gasteiger partial charge >= 0.3 is 0 Å². The monoisotopic (exact) mass is 268 g/mol. The zero-order valence-electron chi connectivity index (χ0n) is 14.4. The van der Waals surface area contributed by atoms with Gasteiger partial charge in [-0.2, -0.15) is 0 Å². The Morgan fingerprint density at radius 2 is 1.21 bits per heavy atom. The van der Waals surface area contributed by atoms with Gasteiger partial charge in [0.1, 0.15) is 5.78 Å². The number of hydrogen-bond acceptors (Lipinski definition) is 1. The van der Waals surface area contributed by atoms with Crippen LogP contribution in [0.1, 0.15) is 87.0 Å². The van der Waals surface area contributed by atoms with Crippen LogP contribution in [0.3, 0.4) is 0 Å². The van der Waals surface area contributed by atoms with Gasteiger partial charge in [0.25, 0.3) is 0 Å². The van der Waals surface area contributed by atoms with E-state index in [0.29, 0.717) is 23.5 Å². The fourth-order valence-electron chi connectivity index (χ4n) is 3.54. The molecule has 0 aromatic heterocycles. The van der Waals surface area contributed by atoms with Gasteiger partial charge < -0.3 is 0 Å². The fourth-order valence-corrected chi connectivity index (χ4v) is 3.54. The van der Waals surface area contributed by atoms with Gasteiger partial charge in [0.05, 0.1) is 0 Å². The van der Waals surface area contributed by atoms with Crippen molar-refractivity contribution in [2.75, 3.05) is 0 Å². The third-order valence-electron chi connectivity index (χ3n) is 3.75. The van der Waals surface area contributed by atoms with Crippen molar-refractivity contribution in [2.24, 2.45) is 23.2 Å². The summed E-state index contributed by atoms with van der Waals surface area (Å²) in [5, 5.41) is 0. The van der Waals surface area contributed by atoms with E-state index in [0.717, 1.165) is 38.5 Å². The average molecular weight is 268 g/mol. The van der Waals surface area contributed by atoms with Gasteiger partial charge in [-0.1, -0.05) is 54.9 Å². The van der Waals surface area contributed by atoms with Crippen molar-refractivity contribution in [3.05, 3.63) is 0 Å². The Hall–Kier alpha value is -0.330. The maximum absolute atomic E-state index is 12.8. The van der Waals surface area contributed by atoms with E-state index in [1.165, 1.54) is 0 Å². The summed E-state index contributed by atoms with van der Waals surface area (Å²) >= 11 is 0. The topological polar surface area (TPSA) is 17.1 Å². The number of carbonyl (C=O) groups excluding carboxylic acids is 1. The highest BCUT2D eigenvalue weighted by molar-refractivity contribution is 5.84. The largest absolute Gasteiger partial charge is 0.299 e. The lowest BCUT2D eigenvalue weighted by Crippen LogP contribution is -2.35. The van der Waals surface area contributed by atoms with Crippen LogP contribution in [0.5, 0.6) is 0 Å². The number of ketones is 1. The second-order valence-electron chi connectivity index (χ2n) is 7.60. The van der Waals surface area contributed by atoms with Gasteiger partial charge in [0.15, 0.2) is 0 Å². The van der Waals surface area contributed by atoms with Crippen LogP contribution < -0.4 is 0 Å². The van der Waals surface area contributed by atoms with Crippen LogP contribution >= 0.6 is 0 Å². The summed E-state index contributed by atoms with van der Waals surface area (Å²) in [6.45, 7) is 15.7. The van der Waals surface area contributed by atoms with E-state index in [1.54, 1.807) is 0 Å². The zero-order valence-corrected chi connectivity index (χ0v) is 14.4. The third-order valence-corrected chi connectivity index (χ3v) is 3.75. The molecule has 0 aliphatic carbocycles. The Morgan fingerprint density at radius 3 is 1.47 bits per heavy atom. The van der Waals surface area contributed by atoms with Gasteiger partial charge in [-0.15, -0.1) is 0 Å². The lowest BCUT2D eigenvalue weighted by Gasteiger charge is -2.37. The molecule has 0 unspecified atom stereocenters. The minimum atomic E-state index is -0.0638. The molecule has 0 saturated heterocycles. The highest BCUT2D eigenvalue weighted by Crippen LogP contribution is 2.41. The minimum Gasteiger partial charge on any atom is -0.299 e. The van der Waals surface area contributed by atoms with E-state index in [2.05, 4.69) is 48.5 Å². The smallest absolute Gasteiger partial charge is 0.139 e. The quantitative estimate of drug-likeness (QED) is 0.484. The molecule has 0 rings (SSSR count). The Labute approximate surface area is 121 Å². The SMILES string of the molecule is CCCCC(=O)C(CC(C)C)(CC(C)C)CC(C)C. The lowest BCUT2D eigenvalue weighted by atomic mass is 9.66. The molecule has 0 fully saturated rings. The number of carbonyl (C=O) groups is 1. The predicted molar refractivity (Wildman–Crippen MR) is 85.3 cm³/mol. The summed E-state index contributed by atoms with van der Waals surface area (Å²) in [6, 6.07) is 0. The first kappa shape index (κ1) is 18.7. The first-order valence-corrected chi connectivity index (χ1v) is 8.26. The van der Waals surface area contributed by atoms with E-state index in [1.807, 2.05) is 0 Å². The molecule has 0 radical (unpaired) electrons. The molecule has 0 atom stereocenters. The number of rotatable bonds is 10. The maximum Gasteiger partial charge on any atom is 0.139 e. The third kappa shape index (κ3) is 7.13. The Morgan fingerprint density at radius 1 is 0.842 bits per heavy atom. The summed E-state index contributed by atoms with van der Waals surface area (Å²) in [6.07, 6.45) is 6.13. The van der Waals surface area contributed by atoms with E-state index in [-0.39, 0.29) is 5.41 Å². The molecule has 0 heterocycles. The van der Waals surface area contributed by atoms with Gasteiger partial charge in [-0.3, -0.25) is 4.79 Å². The molecule has 19 heavy (non-hydrogen) atoms. The van der Waals surface area contributed by atoms with Crippen molar-refractivity contribution >= 4 is 5.78 Å². The zero-order chi connectivity index (χ0) is 15.1. The highest BCUT2D eigenvalue weighted by atomic mass is 16.1. The van der Waals surface area contributed by atoms with Gasteiger partial charge in [-0.05, 0) is 43.4 Å². The van der Waals surface area contributed by atoms with Crippen molar-refractivity contribution in [3.8, 4) is 0 Å². The van der Waals surface area contributed by atoms with Crippen LogP contribution in [0.25, 0.3) is 0 Å². The van der Waals surface area contributed by atoms with Gasteiger partial charge in [0, 0.05) is 11.8 Å². The molecule has 0 saturated carbocycles.